The number of benzene rings is 1. The number of hydrogen-bond acceptors (Lipinski definition) is 5. The number of nitrogens with zero attached hydrogens (tertiary/aromatic N) is 5. The summed E-state index contributed by atoms with van der Waals surface area (Å²) in [6.45, 7) is 4.12. The Bertz CT molecular complexity index is 802. The first-order valence-electron chi connectivity index (χ1n) is 9.92. The van der Waals surface area contributed by atoms with Gasteiger partial charge < -0.3 is 20.3 Å². The molecule has 29 heavy (non-hydrogen) atoms. The zero-order valence-corrected chi connectivity index (χ0v) is 19.2. The molecule has 1 saturated heterocycles. The zero-order chi connectivity index (χ0) is 19.4. The van der Waals surface area contributed by atoms with Crippen LogP contribution in [0.2, 0.25) is 0 Å². The fourth-order valence-electron chi connectivity index (χ4n) is 4.01. The van der Waals surface area contributed by atoms with Gasteiger partial charge in [-0.15, -0.1) is 24.0 Å². The highest BCUT2D eigenvalue weighted by Gasteiger charge is 2.38. The molecule has 0 radical (unpaired) electrons. The van der Waals surface area contributed by atoms with E-state index in [1.165, 1.54) is 12.0 Å². The van der Waals surface area contributed by atoms with Gasteiger partial charge in [-0.25, -0.2) is 9.97 Å². The maximum atomic E-state index is 6.35. The van der Waals surface area contributed by atoms with E-state index in [0.29, 0.717) is 5.96 Å². The van der Waals surface area contributed by atoms with Gasteiger partial charge in [0, 0.05) is 44.0 Å². The fourth-order valence-corrected chi connectivity index (χ4v) is 4.01. The molecule has 0 unspecified atom stereocenters. The number of anilines is 1. The Balaban J connectivity index is 0.00000240. The van der Waals surface area contributed by atoms with Crippen LogP contribution in [0, 0.1) is 0 Å². The topological polar surface area (TPSA) is 79.9 Å². The first kappa shape index (κ1) is 21.6. The molecule has 7 nitrogen and oxygen atoms in total. The Morgan fingerprint density at radius 1 is 1.10 bits per heavy atom. The van der Waals surface area contributed by atoms with Crippen molar-refractivity contribution in [3.63, 3.8) is 0 Å². The molecule has 1 aromatic heterocycles. The third-order valence-electron chi connectivity index (χ3n) is 6.00. The number of halogens is 1. The first-order chi connectivity index (χ1) is 13.7. The molecular formula is C21H29IN6O. The number of guanidine groups is 1. The molecule has 8 heteroatoms. The summed E-state index contributed by atoms with van der Waals surface area (Å²) in [7, 11) is 1.70. The normalized spacial score (nSPS) is 18.6. The maximum absolute atomic E-state index is 6.35. The third kappa shape index (κ3) is 4.73. The second kappa shape index (κ2) is 9.60. The number of methoxy groups -OCH3 is 1. The lowest BCUT2D eigenvalue weighted by molar-refractivity contribution is 0.252. The summed E-state index contributed by atoms with van der Waals surface area (Å²) in [4.78, 5) is 17.8. The molecule has 4 rings (SSSR count). The minimum absolute atomic E-state index is 0. The molecule has 1 aliphatic carbocycles. The lowest BCUT2D eigenvalue weighted by Gasteiger charge is -2.42. The summed E-state index contributed by atoms with van der Waals surface area (Å²) in [6, 6.07) is 10.2. The van der Waals surface area contributed by atoms with Crippen LogP contribution in [-0.4, -0.2) is 60.7 Å². The van der Waals surface area contributed by atoms with Gasteiger partial charge in [0.05, 0.1) is 13.7 Å². The molecule has 2 aliphatic rings. The third-order valence-corrected chi connectivity index (χ3v) is 6.00. The lowest BCUT2D eigenvalue weighted by Crippen LogP contribution is -2.52. The molecule has 0 bridgehead atoms. The number of aliphatic imine (C=N–C) groups is 1. The molecule has 1 aromatic carbocycles. The summed E-state index contributed by atoms with van der Waals surface area (Å²) in [5, 5.41) is 0. The van der Waals surface area contributed by atoms with Crippen molar-refractivity contribution >= 4 is 35.9 Å². The van der Waals surface area contributed by atoms with Crippen LogP contribution in [0.4, 0.5) is 5.95 Å². The van der Waals surface area contributed by atoms with E-state index < -0.39 is 0 Å². The highest BCUT2D eigenvalue weighted by Crippen LogP contribution is 2.44. The second-order valence-electron chi connectivity index (χ2n) is 7.56. The number of rotatable bonds is 5. The molecule has 1 aliphatic heterocycles. The van der Waals surface area contributed by atoms with Crippen molar-refractivity contribution in [3.05, 3.63) is 48.3 Å². The van der Waals surface area contributed by atoms with Gasteiger partial charge in [0.2, 0.25) is 5.95 Å². The Morgan fingerprint density at radius 3 is 2.31 bits per heavy atom. The van der Waals surface area contributed by atoms with Gasteiger partial charge in [0.25, 0.3) is 0 Å². The average molecular weight is 508 g/mol. The molecular weight excluding hydrogens is 479 g/mol. The standard InChI is InChI=1S/C21H28N6O.HI/c1-28-18-6-4-17(5-7-18)21(8-2-9-21)16-25-19(22)26-12-14-27(15-13-26)20-23-10-3-11-24-20;/h3-7,10-11H,2,8-9,12-16H2,1H3,(H2,22,25);1H. The summed E-state index contributed by atoms with van der Waals surface area (Å²) in [5.74, 6) is 2.32. The highest BCUT2D eigenvalue weighted by atomic mass is 127. The van der Waals surface area contributed by atoms with Crippen LogP contribution in [0.3, 0.4) is 0 Å². The number of aromatic nitrogens is 2. The van der Waals surface area contributed by atoms with Gasteiger partial charge in [-0.3, -0.25) is 4.99 Å². The summed E-state index contributed by atoms with van der Waals surface area (Å²) in [6.07, 6.45) is 7.13. The largest absolute Gasteiger partial charge is 0.497 e. The predicted octanol–water partition coefficient (Wildman–Crippen LogP) is 2.66. The van der Waals surface area contributed by atoms with Gasteiger partial charge >= 0.3 is 0 Å². The Labute approximate surface area is 189 Å². The van der Waals surface area contributed by atoms with Crippen LogP contribution in [0.1, 0.15) is 24.8 Å². The summed E-state index contributed by atoms with van der Waals surface area (Å²) in [5.41, 5.74) is 7.81. The van der Waals surface area contributed by atoms with Crippen LogP contribution in [-0.2, 0) is 5.41 Å². The lowest BCUT2D eigenvalue weighted by atomic mass is 9.64. The molecule has 2 N–H and O–H groups in total. The van der Waals surface area contributed by atoms with E-state index in [1.54, 1.807) is 19.5 Å². The zero-order valence-electron chi connectivity index (χ0n) is 16.8. The summed E-state index contributed by atoms with van der Waals surface area (Å²) >= 11 is 0. The monoisotopic (exact) mass is 508 g/mol. The number of ether oxygens (including phenoxy) is 1. The molecule has 2 fully saturated rings. The Morgan fingerprint density at radius 2 is 1.76 bits per heavy atom. The summed E-state index contributed by atoms with van der Waals surface area (Å²) < 4.78 is 5.28. The van der Waals surface area contributed by atoms with Crippen molar-refractivity contribution in [2.24, 2.45) is 10.7 Å². The number of hydrogen-bond donors (Lipinski definition) is 1. The van der Waals surface area contributed by atoms with Crippen molar-refractivity contribution in [1.29, 1.82) is 0 Å². The fraction of sp³-hybridized carbons (Fsp3) is 0.476. The number of piperazine rings is 1. The maximum Gasteiger partial charge on any atom is 0.225 e. The minimum atomic E-state index is 0. The van der Waals surface area contributed by atoms with Crippen LogP contribution >= 0.6 is 24.0 Å². The van der Waals surface area contributed by atoms with Crippen molar-refractivity contribution in [2.75, 3.05) is 44.7 Å². The average Bonchev–Trinajstić information content (AvgIpc) is 2.74. The molecule has 2 heterocycles. The van der Waals surface area contributed by atoms with Crippen molar-refractivity contribution in [1.82, 2.24) is 14.9 Å². The quantitative estimate of drug-likeness (QED) is 0.380. The Hall–Kier alpha value is -2.10. The predicted molar refractivity (Wildman–Crippen MR) is 126 cm³/mol. The van der Waals surface area contributed by atoms with Gasteiger partial charge in [-0.05, 0) is 36.6 Å². The van der Waals surface area contributed by atoms with E-state index in [1.807, 2.05) is 18.2 Å². The molecule has 156 valence electrons. The van der Waals surface area contributed by atoms with Gasteiger partial charge in [-0.2, -0.15) is 0 Å². The van der Waals surface area contributed by atoms with E-state index in [2.05, 4.69) is 31.9 Å². The molecule has 0 spiro atoms. The SMILES string of the molecule is COc1ccc(C2(CN=C(N)N3CCN(c4ncccn4)CC3)CCC2)cc1.I. The minimum Gasteiger partial charge on any atom is -0.497 e. The molecule has 1 saturated carbocycles. The van der Waals surface area contributed by atoms with E-state index in [-0.39, 0.29) is 29.4 Å². The molecule has 2 aromatic rings. The second-order valence-corrected chi connectivity index (χ2v) is 7.56. The van der Waals surface area contributed by atoms with E-state index >= 15 is 0 Å². The van der Waals surface area contributed by atoms with Gasteiger partial charge in [0.15, 0.2) is 5.96 Å². The molecule has 0 atom stereocenters. The van der Waals surface area contributed by atoms with Gasteiger partial charge in [0.1, 0.15) is 5.75 Å². The van der Waals surface area contributed by atoms with E-state index in [4.69, 9.17) is 15.5 Å². The number of nitrogens with two attached hydrogens (primary N) is 1. The van der Waals surface area contributed by atoms with Crippen LogP contribution in [0.25, 0.3) is 0 Å². The van der Waals surface area contributed by atoms with Crippen LogP contribution < -0.4 is 15.4 Å². The van der Waals surface area contributed by atoms with E-state index in [9.17, 15) is 0 Å². The van der Waals surface area contributed by atoms with Crippen LogP contribution in [0.5, 0.6) is 5.75 Å². The highest BCUT2D eigenvalue weighted by molar-refractivity contribution is 14.0. The van der Waals surface area contributed by atoms with Gasteiger partial charge in [-0.1, -0.05) is 18.6 Å². The molecule has 0 amide bonds. The van der Waals surface area contributed by atoms with Crippen molar-refractivity contribution in [2.45, 2.75) is 24.7 Å². The Kier molecular flexibility index (Phi) is 7.15. The van der Waals surface area contributed by atoms with Crippen LogP contribution in [0.15, 0.2) is 47.7 Å². The van der Waals surface area contributed by atoms with Crippen molar-refractivity contribution < 1.29 is 4.74 Å². The van der Waals surface area contributed by atoms with E-state index in [0.717, 1.165) is 57.3 Å². The smallest absolute Gasteiger partial charge is 0.225 e. The first-order valence-corrected chi connectivity index (χ1v) is 9.92. The van der Waals surface area contributed by atoms with Crippen molar-refractivity contribution in [3.8, 4) is 5.75 Å².